The summed E-state index contributed by atoms with van der Waals surface area (Å²) in [6, 6.07) is -0.276. The first-order chi connectivity index (χ1) is 10.0. The van der Waals surface area contributed by atoms with E-state index in [0.29, 0.717) is 18.0 Å². The summed E-state index contributed by atoms with van der Waals surface area (Å²) >= 11 is 6.31. The van der Waals surface area contributed by atoms with Gasteiger partial charge < -0.3 is 5.32 Å². The van der Waals surface area contributed by atoms with Crippen LogP contribution in [-0.2, 0) is 16.4 Å². The fraction of sp³-hybridized carbons (Fsp3) is 0.786. The second-order valence-electron chi connectivity index (χ2n) is 5.54. The molecule has 0 amide bonds. The molecule has 0 bridgehead atoms. The van der Waals surface area contributed by atoms with Gasteiger partial charge in [-0.05, 0) is 25.8 Å². The standard InChI is InChI=1S/C14H24ClN3O2S/c1-3-8-18-14(11(15)10-17-18)13(16-4-2)12-7-5-6-9-21(12,19)20/h10,12-13,16H,3-9H2,1-2H3. The average Bonchev–Trinajstić information content (AvgIpc) is 2.78. The smallest absolute Gasteiger partial charge is 0.155 e. The molecule has 21 heavy (non-hydrogen) atoms. The maximum Gasteiger partial charge on any atom is 0.155 e. The van der Waals surface area contributed by atoms with Crippen LogP contribution >= 0.6 is 11.6 Å². The van der Waals surface area contributed by atoms with E-state index in [-0.39, 0.29) is 11.8 Å². The van der Waals surface area contributed by atoms with Crippen LogP contribution in [-0.4, -0.2) is 35.7 Å². The van der Waals surface area contributed by atoms with Gasteiger partial charge in [0.2, 0.25) is 0 Å². The molecule has 2 unspecified atom stereocenters. The van der Waals surface area contributed by atoms with Crippen molar-refractivity contribution in [3.05, 3.63) is 16.9 Å². The van der Waals surface area contributed by atoms with Crippen molar-refractivity contribution in [2.24, 2.45) is 0 Å². The van der Waals surface area contributed by atoms with E-state index in [2.05, 4.69) is 17.3 Å². The normalized spacial score (nSPS) is 23.1. The third-order valence-corrected chi connectivity index (χ3v) is 6.57. The van der Waals surface area contributed by atoms with Crippen molar-refractivity contribution < 1.29 is 8.42 Å². The van der Waals surface area contributed by atoms with Crippen molar-refractivity contribution in [3.8, 4) is 0 Å². The molecular formula is C14H24ClN3O2S. The number of sulfone groups is 1. The second kappa shape index (κ2) is 7.11. The molecule has 2 atom stereocenters. The van der Waals surface area contributed by atoms with Gasteiger partial charge in [-0.25, -0.2) is 8.42 Å². The third kappa shape index (κ3) is 3.60. The van der Waals surface area contributed by atoms with E-state index in [1.165, 1.54) is 0 Å². The van der Waals surface area contributed by atoms with Crippen LogP contribution < -0.4 is 5.32 Å². The van der Waals surface area contributed by atoms with E-state index in [1.807, 2.05) is 11.6 Å². The van der Waals surface area contributed by atoms with Crippen molar-refractivity contribution in [1.29, 1.82) is 0 Å². The van der Waals surface area contributed by atoms with Gasteiger partial charge in [0.25, 0.3) is 0 Å². The summed E-state index contributed by atoms with van der Waals surface area (Å²) < 4.78 is 26.8. The Bertz CT molecular complexity index is 571. The van der Waals surface area contributed by atoms with Crippen molar-refractivity contribution in [1.82, 2.24) is 15.1 Å². The van der Waals surface area contributed by atoms with Crippen LogP contribution in [0.15, 0.2) is 6.20 Å². The van der Waals surface area contributed by atoms with Crippen LogP contribution in [0.1, 0.15) is 51.3 Å². The first kappa shape index (κ1) is 16.8. The van der Waals surface area contributed by atoms with Gasteiger partial charge in [0, 0.05) is 6.54 Å². The molecule has 1 fully saturated rings. The highest BCUT2D eigenvalue weighted by Gasteiger charge is 2.38. The predicted molar refractivity (Wildman–Crippen MR) is 85.4 cm³/mol. The van der Waals surface area contributed by atoms with Crippen molar-refractivity contribution in [2.45, 2.75) is 57.4 Å². The van der Waals surface area contributed by atoms with Gasteiger partial charge in [-0.2, -0.15) is 5.10 Å². The van der Waals surface area contributed by atoms with Crippen molar-refractivity contribution in [2.75, 3.05) is 12.3 Å². The molecule has 0 aromatic carbocycles. The molecular weight excluding hydrogens is 310 g/mol. The van der Waals surface area contributed by atoms with Gasteiger partial charge in [-0.15, -0.1) is 0 Å². The minimum Gasteiger partial charge on any atom is -0.308 e. The second-order valence-corrected chi connectivity index (χ2v) is 8.28. The van der Waals surface area contributed by atoms with E-state index in [4.69, 9.17) is 11.6 Å². The maximum absolute atomic E-state index is 12.5. The molecule has 1 aromatic rings. The molecule has 5 nitrogen and oxygen atoms in total. The highest BCUT2D eigenvalue weighted by Crippen LogP contribution is 2.34. The first-order valence-corrected chi connectivity index (χ1v) is 9.76. The molecule has 1 aliphatic rings. The highest BCUT2D eigenvalue weighted by atomic mass is 35.5. The Kier molecular flexibility index (Phi) is 5.68. The largest absolute Gasteiger partial charge is 0.308 e. The summed E-state index contributed by atoms with van der Waals surface area (Å²) in [6.07, 6.45) is 4.95. The summed E-state index contributed by atoms with van der Waals surface area (Å²) in [5.74, 6) is 0.277. The first-order valence-electron chi connectivity index (χ1n) is 7.67. The minimum absolute atomic E-state index is 0.276. The van der Waals surface area contributed by atoms with Crippen LogP contribution in [0.2, 0.25) is 5.02 Å². The number of hydrogen-bond acceptors (Lipinski definition) is 4. The van der Waals surface area contributed by atoms with E-state index < -0.39 is 15.1 Å². The Labute approximate surface area is 132 Å². The Morgan fingerprint density at radius 3 is 2.86 bits per heavy atom. The summed E-state index contributed by atoms with van der Waals surface area (Å²) in [4.78, 5) is 0. The topological polar surface area (TPSA) is 64.0 Å². The van der Waals surface area contributed by atoms with Gasteiger partial charge in [0.1, 0.15) is 0 Å². The number of nitrogens with one attached hydrogen (secondary N) is 1. The van der Waals surface area contributed by atoms with Crippen LogP contribution in [0, 0.1) is 0 Å². The summed E-state index contributed by atoms with van der Waals surface area (Å²) in [6.45, 7) is 5.50. The van der Waals surface area contributed by atoms with Crippen molar-refractivity contribution >= 4 is 21.4 Å². The lowest BCUT2D eigenvalue weighted by Crippen LogP contribution is -2.41. The van der Waals surface area contributed by atoms with Crippen LogP contribution in [0.5, 0.6) is 0 Å². The number of halogens is 1. The Morgan fingerprint density at radius 2 is 2.24 bits per heavy atom. The Hall–Kier alpha value is -0.590. The summed E-state index contributed by atoms with van der Waals surface area (Å²) in [5, 5.41) is 7.77. The SMILES string of the molecule is CCCn1ncc(Cl)c1C(NCC)C1CCCCS1(=O)=O. The van der Waals surface area contributed by atoms with Gasteiger partial charge in [0.15, 0.2) is 9.84 Å². The number of nitrogens with zero attached hydrogens (tertiary/aromatic N) is 2. The van der Waals surface area contributed by atoms with Gasteiger partial charge in [-0.3, -0.25) is 4.68 Å². The molecule has 2 rings (SSSR count). The molecule has 120 valence electrons. The Morgan fingerprint density at radius 1 is 1.48 bits per heavy atom. The highest BCUT2D eigenvalue weighted by molar-refractivity contribution is 7.92. The lowest BCUT2D eigenvalue weighted by atomic mass is 10.0. The zero-order valence-corrected chi connectivity index (χ0v) is 14.3. The fourth-order valence-electron chi connectivity index (χ4n) is 3.05. The van der Waals surface area contributed by atoms with Crippen LogP contribution in [0.3, 0.4) is 0 Å². The maximum atomic E-state index is 12.5. The van der Waals surface area contributed by atoms with Crippen LogP contribution in [0.25, 0.3) is 0 Å². The Balaban J connectivity index is 2.41. The average molecular weight is 334 g/mol. The molecule has 0 saturated carbocycles. The van der Waals surface area contributed by atoms with Gasteiger partial charge in [-0.1, -0.05) is 31.9 Å². The monoisotopic (exact) mass is 333 g/mol. The molecule has 1 aliphatic heterocycles. The molecule has 1 aromatic heterocycles. The lowest BCUT2D eigenvalue weighted by Gasteiger charge is -2.31. The van der Waals surface area contributed by atoms with Gasteiger partial charge >= 0.3 is 0 Å². The zero-order chi connectivity index (χ0) is 15.5. The quantitative estimate of drug-likeness (QED) is 0.869. The summed E-state index contributed by atoms with van der Waals surface area (Å²) in [7, 11) is -3.08. The van der Waals surface area contributed by atoms with E-state index >= 15 is 0 Å². The number of hydrogen-bond donors (Lipinski definition) is 1. The van der Waals surface area contributed by atoms with Gasteiger partial charge in [0.05, 0.1) is 34.0 Å². The predicted octanol–water partition coefficient (Wildman–Crippen LogP) is 2.56. The van der Waals surface area contributed by atoms with E-state index in [9.17, 15) is 8.42 Å². The summed E-state index contributed by atoms with van der Waals surface area (Å²) in [5.41, 5.74) is 0.816. The number of aromatic nitrogens is 2. The molecule has 1 saturated heterocycles. The third-order valence-electron chi connectivity index (χ3n) is 3.99. The zero-order valence-electron chi connectivity index (χ0n) is 12.7. The molecule has 0 radical (unpaired) electrons. The lowest BCUT2D eigenvalue weighted by molar-refractivity contribution is 0.424. The van der Waals surface area contributed by atoms with Crippen molar-refractivity contribution in [3.63, 3.8) is 0 Å². The molecule has 2 heterocycles. The van der Waals surface area contributed by atoms with E-state index in [1.54, 1.807) is 6.20 Å². The van der Waals surface area contributed by atoms with Crippen LogP contribution in [0.4, 0.5) is 0 Å². The molecule has 7 heteroatoms. The molecule has 1 N–H and O–H groups in total. The molecule has 0 spiro atoms. The molecule has 0 aliphatic carbocycles. The van der Waals surface area contributed by atoms with E-state index in [0.717, 1.165) is 31.5 Å². The number of aryl methyl sites for hydroxylation is 1. The number of rotatable bonds is 6. The fourth-order valence-corrected chi connectivity index (χ4v) is 5.38. The minimum atomic E-state index is -3.08.